The first-order valence-electron chi connectivity index (χ1n) is 12.1. The lowest BCUT2D eigenvalue weighted by atomic mass is 10.0. The van der Waals surface area contributed by atoms with Crippen LogP contribution in [-0.2, 0) is 11.2 Å². The zero-order valence-electron chi connectivity index (χ0n) is 20.8. The third-order valence-corrected chi connectivity index (χ3v) is 6.99. The average molecular weight is 495 g/mol. The molecule has 0 saturated heterocycles. The van der Waals surface area contributed by atoms with Crippen LogP contribution in [0.3, 0.4) is 0 Å². The summed E-state index contributed by atoms with van der Waals surface area (Å²) in [5, 5.41) is 3.95. The molecule has 0 fully saturated rings. The van der Waals surface area contributed by atoms with Gasteiger partial charge in [0.1, 0.15) is 23.3 Å². The molecule has 0 aliphatic rings. The van der Waals surface area contributed by atoms with Gasteiger partial charge in [-0.25, -0.2) is 0 Å². The number of carbonyl (C=O) groups excluding carboxylic acids is 1. The standard InChI is InChI=1S/C29H26N4O4/c1-35-21-10-6-8-18-24-23(37-3)15-31-20(27(24)33-25(18)21)11-12-22(36-2)29(34)28-26-17(13-14-30-28)16-7-4-5-9-19(16)32-26/h4-10,13-15,22,32-33H,11-12H2,1-3H3/t22-/m0/s1. The first-order chi connectivity index (χ1) is 18.1. The van der Waals surface area contributed by atoms with Gasteiger partial charge < -0.3 is 24.2 Å². The molecule has 0 aliphatic heterocycles. The van der Waals surface area contributed by atoms with Crippen molar-refractivity contribution >= 4 is 49.4 Å². The quantitative estimate of drug-likeness (QED) is 0.267. The molecule has 0 unspecified atom stereocenters. The maximum Gasteiger partial charge on any atom is 0.211 e. The molecule has 37 heavy (non-hydrogen) atoms. The number of ether oxygens (including phenoxy) is 3. The SMILES string of the molecule is COc1cccc2c1[nH]c1c(CC[C@H](OC)C(=O)c3nccc4c3[nH]c3ccccc34)ncc(OC)c12. The monoisotopic (exact) mass is 494 g/mol. The largest absolute Gasteiger partial charge is 0.495 e. The molecule has 0 amide bonds. The van der Waals surface area contributed by atoms with E-state index in [4.69, 9.17) is 14.2 Å². The Morgan fingerprint density at radius 1 is 0.838 bits per heavy atom. The van der Waals surface area contributed by atoms with Crippen LogP contribution < -0.4 is 9.47 Å². The van der Waals surface area contributed by atoms with Gasteiger partial charge in [0.2, 0.25) is 5.78 Å². The van der Waals surface area contributed by atoms with Gasteiger partial charge in [-0.05, 0) is 31.0 Å². The molecule has 8 nitrogen and oxygen atoms in total. The Morgan fingerprint density at radius 2 is 1.65 bits per heavy atom. The van der Waals surface area contributed by atoms with Crippen LogP contribution in [0.2, 0.25) is 0 Å². The first-order valence-corrected chi connectivity index (χ1v) is 12.1. The number of Topliss-reactive ketones (excluding diaryl/α,β-unsaturated/α-hetero) is 1. The third-order valence-electron chi connectivity index (χ3n) is 6.99. The van der Waals surface area contributed by atoms with Gasteiger partial charge in [-0.3, -0.25) is 14.8 Å². The van der Waals surface area contributed by atoms with Crippen LogP contribution in [0.25, 0.3) is 43.6 Å². The molecule has 0 saturated carbocycles. The lowest BCUT2D eigenvalue weighted by Crippen LogP contribution is -2.25. The smallest absolute Gasteiger partial charge is 0.211 e. The summed E-state index contributed by atoms with van der Waals surface area (Å²) in [5.74, 6) is 1.25. The summed E-state index contributed by atoms with van der Waals surface area (Å²) in [5.41, 5.74) is 4.62. The maximum absolute atomic E-state index is 13.6. The lowest BCUT2D eigenvalue weighted by molar-refractivity contribution is 0.0578. The molecule has 4 aromatic heterocycles. The first kappa shape index (κ1) is 23.0. The van der Waals surface area contributed by atoms with Gasteiger partial charge in [0, 0.05) is 35.0 Å². The highest BCUT2D eigenvalue weighted by Gasteiger charge is 2.25. The summed E-state index contributed by atoms with van der Waals surface area (Å²) >= 11 is 0. The Morgan fingerprint density at radius 3 is 2.46 bits per heavy atom. The fourth-order valence-electron chi connectivity index (χ4n) is 5.18. The van der Waals surface area contributed by atoms with Crippen LogP contribution in [0, 0.1) is 0 Å². The molecule has 8 heteroatoms. The Bertz CT molecular complexity index is 1790. The van der Waals surface area contributed by atoms with Gasteiger partial charge in [0.05, 0.1) is 48.0 Å². The van der Waals surface area contributed by atoms with E-state index in [1.807, 2.05) is 48.5 Å². The molecule has 0 bridgehead atoms. The van der Waals surface area contributed by atoms with Crippen LogP contribution >= 0.6 is 0 Å². The number of rotatable bonds is 8. The molecular formula is C29H26N4O4. The molecule has 6 aromatic rings. The van der Waals surface area contributed by atoms with E-state index in [0.29, 0.717) is 24.3 Å². The van der Waals surface area contributed by atoms with Crippen molar-refractivity contribution in [2.75, 3.05) is 21.3 Å². The van der Waals surface area contributed by atoms with Gasteiger partial charge in [-0.1, -0.05) is 30.3 Å². The topological polar surface area (TPSA) is 102 Å². The molecule has 0 spiro atoms. The predicted octanol–water partition coefficient (Wildman–Crippen LogP) is 5.59. The van der Waals surface area contributed by atoms with Crippen molar-refractivity contribution in [2.45, 2.75) is 18.9 Å². The van der Waals surface area contributed by atoms with E-state index in [2.05, 4.69) is 19.9 Å². The number of benzene rings is 2. The lowest BCUT2D eigenvalue weighted by Gasteiger charge is -2.14. The highest BCUT2D eigenvalue weighted by atomic mass is 16.5. The summed E-state index contributed by atoms with van der Waals surface area (Å²) in [6, 6.07) is 15.8. The number of nitrogens with zero attached hydrogens (tertiary/aromatic N) is 2. The van der Waals surface area contributed by atoms with Gasteiger partial charge >= 0.3 is 0 Å². The van der Waals surface area contributed by atoms with E-state index in [9.17, 15) is 4.79 Å². The minimum absolute atomic E-state index is 0.164. The summed E-state index contributed by atoms with van der Waals surface area (Å²) in [4.78, 5) is 29.5. The third kappa shape index (κ3) is 3.68. The van der Waals surface area contributed by atoms with Crippen LogP contribution in [0.1, 0.15) is 22.6 Å². The second kappa shape index (κ2) is 9.22. The van der Waals surface area contributed by atoms with E-state index in [-0.39, 0.29) is 5.78 Å². The van der Waals surface area contributed by atoms with E-state index < -0.39 is 6.10 Å². The number of hydrogen-bond acceptors (Lipinski definition) is 6. The Labute approximate surface area is 212 Å². The van der Waals surface area contributed by atoms with Gasteiger partial charge in [-0.2, -0.15) is 0 Å². The minimum Gasteiger partial charge on any atom is -0.495 e. The summed E-state index contributed by atoms with van der Waals surface area (Å²) in [7, 11) is 4.83. The summed E-state index contributed by atoms with van der Waals surface area (Å²) < 4.78 is 16.9. The van der Waals surface area contributed by atoms with E-state index in [1.165, 1.54) is 0 Å². The number of aromatic amines is 2. The van der Waals surface area contributed by atoms with Gasteiger partial charge in [0.15, 0.2) is 0 Å². The molecule has 4 heterocycles. The van der Waals surface area contributed by atoms with Crippen LogP contribution in [0.5, 0.6) is 11.5 Å². The van der Waals surface area contributed by atoms with Crippen LogP contribution in [0.4, 0.5) is 0 Å². The Balaban J connectivity index is 1.35. The van der Waals surface area contributed by atoms with Gasteiger partial charge in [0.25, 0.3) is 0 Å². The van der Waals surface area contributed by atoms with E-state index in [1.54, 1.807) is 33.7 Å². The Kier molecular flexibility index (Phi) is 5.73. The number of ketones is 1. The predicted molar refractivity (Wildman–Crippen MR) is 144 cm³/mol. The number of nitrogens with one attached hydrogen (secondary N) is 2. The second-order valence-electron chi connectivity index (χ2n) is 8.91. The van der Waals surface area contributed by atoms with E-state index >= 15 is 0 Å². The van der Waals surface area contributed by atoms with Gasteiger partial charge in [-0.15, -0.1) is 0 Å². The molecule has 0 aliphatic carbocycles. The maximum atomic E-state index is 13.6. The number of aromatic nitrogens is 4. The van der Waals surface area contributed by atoms with Crippen molar-refractivity contribution in [2.24, 2.45) is 0 Å². The zero-order valence-corrected chi connectivity index (χ0v) is 20.8. The van der Waals surface area contributed by atoms with Crippen LogP contribution in [-0.4, -0.2) is 53.2 Å². The van der Waals surface area contributed by atoms with Crippen LogP contribution in [0.15, 0.2) is 60.9 Å². The van der Waals surface area contributed by atoms with Crippen molar-refractivity contribution in [3.8, 4) is 11.5 Å². The number of H-pyrrole nitrogens is 2. The number of para-hydroxylation sites is 2. The fourth-order valence-corrected chi connectivity index (χ4v) is 5.18. The molecule has 0 radical (unpaired) electrons. The average Bonchev–Trinajstić information content (AvgIpc) is 3.52. The molecule has 1 atom stereocenters. The Hall–Kier alpha value is -4.43. The summed E-state index contributed by atoms with van der Waals surface area (Å²) in [6.07, 6.45) is 3.68. The van der Waals surface area contributed by atoms with Crippen molar-refractivity contribution in [1.82, 2.24) is 19.9 Å². The number of fused-ring (bicyclic) bond motifs is 6. The number of methoxy groups -OCH3 is 3. The molecule has 2 aromatic carbocycles. The molecule has 186 valence electrons. The minimum atomic E-state index is -0.678. The van der Waals surface area contributed by atoms with Crippen molar-refractivity contribution in [1.29, 1.82) is 0 Å². The number of hydrogen-bond donors (Lipinski definition) is 2. The number of pyridine rings is 2. The van der Waals surface area contributed by atoms with E-state index in [0.717, 1.165) is 55.1 Å². The van der Waals surface area contributed by atoms with Crippen molar-refractivity contribution in [3.05, 3.63) is 72.3 Å². The zero-order chi connectivity index (χ0) is 25.5. The molecule has 2 N–H and O–H groups in total. The summed E-state index contributed by atoms with van der Waals surface area (Å²) in [6.45, 7) is 0. The fraction of sp³-hybridized carbons (Fsp3) is 0.207. The normalized spacial score (nSPS) is 12.5. The van der Waals surface area contributed by atoms with Crippen molar-refractivity contribution < 1.29 is 19.0 Å². The molecule has 6 rings (SSSR count). The highest BCUT2D eigenvalue weighted by molar-refractivity contribution is 6.15. The second-order valence-corrected chi connectivity index (χ2v) is 8.91. The highest BCUT2D eigenvalue weighted by Crippen LogP contribution is 2.38. The van der Waals surface area contributed by atoms with Crippen molar-refractivity contribution in [3.63, 3.8) is 0 Å². The molecular weight excluding hydrogens is 468 g/mol. The number of carbonyl (C=O) groups is 1. The number of aryl methyl sites for hydroxylation is 1.